The molecule has 0 spiro atoms. The Balaban J connectivity index is 1.48. The molecule has 32 heavy (non-hydrogen) atoms. The number of anilines is 1. The van der Waals surface area contributed by atoms with E-state index in [9.17, 15) is 19.5 Å². The van der Waals surface area contributed by atoms with Crippen LogP contribution in [0.25, 0.3) is 0 Å². The van der Waals surface area contributed by atoms with Crippen LogP contribution in [0.4, 0.5) is 10.6 Å². The van der Waals surface area contributed by atoms with Gasteiger partial charge in [-0.05, 0) is 26.7 Å². The van der Waals surface area contributed by atoms with Gasteiger partial charge in [0, 0.05) is 35.9 Å². The third-order valence-corrected chi connectivity index (χ3v) is 4.91. The smallest absolute Gasteiger partial charge is 0.407 e. The number of carbonyl (C=O) groups is 3. The van der Waals surface area contributed by atoms with E-state index in [-0.39, 0.29) is 40.9 Å². The normalized spacial score (nSPS) is 17.2. The standard InChI is InChI=1S/C21H26N4O7/c1-11(2)32-21(29)22-13-4-12(5-13)16-8-19(25-24-16)23-20(28)10-31-18-7-14(30-3)6-17(27)15(18)9-26/h6-9,11-13,27H,4-5,10H2,1-3H3,(H,22,29)(H2,23,24,25,28). The summed E-state index contributed by atoms with van der Waals surface area (Å²) in [6.07, 6.45) is 1.31. The molecule has 0 radical (unpaired) electrons. The first-order valence-electron chi connectivity index (χ1n) is 10.1. The van der Waals surface area contributed by atoms with Gasteiger partial charge in [0.2, 0.25) is 0 Å². The molecule has 1 aliphatic carbocycles. The van der Waals surface area contributed by atoms with Crippen LogP contribution in [0.5, 0.6) is 17.2 Å². The fourth-order valence-corrected chi connectivity index (χ4v) is 3.28. The van der Waals surface area contributed by atoms with Crippen molar-refractivity contribution < 1.29 is 33.7 Å². The number of rotatable bonds is 9. The van der Waals surface area contributed by atoms with E-state index in [0.717, 1.165) is 18.5 Å². The van der Waals surface area contributed by atoms with E-state index in [0.29, 0.717) is 12.1 Å². The van der Waals surface area contributed by atoms with Crippen LogP contribution in [0.15, 0.2) is 18.2 Å². The van der Waals surface area contributed by atoms with Gasteiger partial charge >= 0.3 is 6.09 Å². The van der Waals surface area contributed by atoms with Gasteiger partial charge < -0.3 is 30.0 Å². The van der Waals surface area contributed by atoms with Crippen molar-refractivity contribution in [3.8, 4) is 17.2 Å². The highest BCUT2D eigenvalue weighted by Gasteiger charge is 2.33. The van der Waals surface area contributed by atoms with E-state index in [1.54, 1.807) is 19.9 Å². The number of hydrogen-bond donors (Lipinski definition) is 4. The first-order valence-corrected chi connectivity index (χ1v) is 10.1. The minimum atomic E-state index is -0.494. The van der Waals surface area contributed by atoms with Gasteiger partial charge in [-0.2, -0.15) is 5.10 Å². The molecule has 0 aliphatic heterocycles. The van der Waals surface area contributed by atoms with Crippen LogP contribution in [0.3, 0.4) is 0 Å². The Labute approximate surface area is 184 Å². The predicted molar refractivity (Wildman–Crippen MR) is 113 cm³/mol. The molecule has 1 aliphatic rings. The molecule has 172 valence electrons. The van der Waals surface area contributed by atoms with E-state index in [1.807, 2.05) is 0 Å². The van der Waals surface area contributed by atoms with E-state index >= 15 is 0 Å². The van der Waals surface area contributed by atoms with E-state index in [2.05, 4.69) is 20.8 Å². The third kappa shape index (κ3) is 5.68. The Morgan fingerprint density at radius 1 is 1.31 bits per heavy atom. The lowest BCUT2D eigenvalue weighted by atomic mass is 9.78. The van der Waals surface area contributed by atoms with Crippen LogP contribution in [-0.4, -0.2) is 59.5 Å². The van der Waals surface area contributed by atoms with Crippen molar-refractivity contribution >= 4 is 24.1 Å². The van der Waals surface area contributed by atoms with Gasteiger partial charge in [-0.1, -0.05) is 0 Å². The number of alkyl carbamates (subject to hydrolysis) is 1. The summed E-state index contributed by atoms with van der Waals surface area (Å²) in [5.74, 6) is 0.0196. The summed E-state index contributed by atoms with van der Waals surface area (Å²) in [7, 11) is 1.40. The second-order valence-corrected chi connectivity index (χ2v) is 7.69. The molecular weight excluding hydrogens is 420 g/mol. The topological polar surface area (TPSA) is 152 Å². The molecule has 2 amide bonds. The van der Waals surface area contributed by atoms with Crippen LogP contribution in [0, 0.1) is 0 Å². The maximum atomic E-state index is 12.2. The van der Waals surface area contributed by atoms with Gasteiger partial charge in [-0.25, -0.2) is 4.79 Å². The number of nitrogens with one attached hydrogen (secondary N) is 3. The predicted octanol–water partition coefficient (Wildman–Crippen LogP) is 2.33. The van der Waals surface area contributed by atoms with Crippen molar-refractivity contribution in [1.82, 2.24) is 15.5 Å². The molecule has 0 unspecified atom stereocenters. The summed E-state index contributed by atoms with van der Waals surface area (Å²) in [6, 6.07) is 4.43. The van der Waals surface area contributed by atoms with E-state index in [4.69, 9.17) is 14.2 Å². The zero-order valence-electron chi connectivity index (χ0n) is 18.0. The number of phenolic OH excluding ortho intramolecular Hbond substituents is 1. The van der Waals surface area contributed by atoms with Gasteiger partial charge in [0.1, 0.15) is 17.2 Å². The highest BCUT2D eigenvalue weighted by Crippen LogP contribution is 2.36. The molecule has 1 aromatic carbocycles. The molecule has 11 heteroatoms. The SMILES string of the molecule is COc1cc(O)c(C=O)c(OCC(=O)Nc2cc(C3CC(NC(=O)OC(C)C)C3)[nH]n2)c1. The average Bonchev–Trinajstić information content (AvgIpc) is 3.15. The molecular formula is C21H26N4O7. The molecule has 2 aromatic rings. The molecule has 0 bridgehead atoms. The summed E-state index contributed by atoms with van der Waals surface area (Å²) >= 11 is 0. The number of methoxy groups -OCH3 is 1. The highest BCUT2D eigenvalue weighted by atomic mass is 16.6. The minimum absolute atomic E-state index is 0.0266. The number of benzene rings is 1. The second-order valence-electron chi connectivity index (χ2n) is 7.69. The summed E-state index contributed by atoms with van der Waals surface area (Å²) in [5, 5.41) is 22.2. The summed E-state index contributed by atoms with van der Waals surface area (Å²) < 4.78 is 15.5. The second kappa shape index (κ2) is 10.0. The molecule has 11 nitrogen and oxygen atoms in total. The number of nitrogens with zero attached hydrogens (tertiary/aromatic N) is 1. The largest absolute Gasteiger partial charge is 0.507 e. The lowest BCUT2D eigenvalue weighted by Crippen LogP contribution is -2.44. The number of aromatic hydroxyl groups is 1. The zero-order chi connectivity index (χ0) is 23.3. The number of amides is 2. The fourth-order valence-electron chi connectivity index (χ4n) is 3.28. The number of ether oxygens (including phenoxy) is 3. The quantitative estimate of drug-likeness (QED) is 0.428. The lowest BCUT2D eigenvalue weighted by Gasteiger charge is -2.34. The fraction of sp³-hybridized carbons (Fsp3) is 0.429. The number of H-pyrrole nitrogens is 1. The Morgan fingerprint density at radius 3 is 2.72 bits per heavy atom. The van der Waals surface area contributed by atoms with Crippen molar-refractivity contribution in [2.45, 2.75) is 44.8 Å². The highest BCUT2D eigenvalue weighted by molar-refractivity contribution is 5.91. The van der Waals surface area contributed by atoms with Crippen LogP contribution in [0.1, 0.15) is 48.7 Å². The Morgan fingerprint density at radius 2 is 2.06 bits per heavy atom. The van der Waals surface area contributed by atoms with Crippen LogP contribution in [0.2, 0.25) is 0 Å². The molecule has 4 N–H and O–H groups in total. The molecule has 0 saturated heterocycles. The van der Waals surface area contributed by atoms with Gasteiger partial charge in [0.05, 0.1) is 18.8 Å². The molecule has 3 rings (SSSR count). The van der Waals surface area contributed by atoms with Crippen molar-refractivity contribution in [3.05, 3.63) is 29.5 Å². The Kier molecular flexibility index (Phi) is 7.18. The van der Waals surface area contributed by atoms with Crippen LogP contribution >= 0.6 is 0 Å². The molecule has 1 aromatic heterocycles. The monoisotopic (exact) mass is 446 g/mol. The summed E-state index contributed by atoms with van der Waals surface area (Å²) in [5.41, 5.74) is 0.767. The van der Waals surface area contributed by atoms with Gasteiger partial charge in [0.25, 0.3) is 5.91 Å². The van der Waals surface area contributed by atoms with Gasteiger partial charge in [0.15, 0.2) is 18.7 Å². The summed E-state index contributed by atoms with van der Waals surface area (Å²) in [6.45, 7) is 3.18. The van der Waals surface area contributed by atoms with Crippen molar-refractivity contribution in [2.24, 2.45) is 0 Å². The van der Waals surface area contributed by atoms with Crippen molar-refractivity contribution in [3.63, 3.8) is 0 Å². The third-order valence-electron chi connectivity index (χ3n) is 4.91. The Bertz CT molecular complexity index is 983. The van der Waals surface area contributed by atoms with Crippen LogP contribution in [-0.2, 0) is 9.53 Å². The summed E-state index contributed by atoms with van der Waals surface area (Å²) in [4.78, 5) is 35.0. The van der Waals surface area contributed by atoms with Gasteiger partial charge in [-0.3, -0.25) is 14.7 Å². The number of aldehydes is 1. The van der Waals surface area contributed by atoms with E-state index in [1.165, 1.54) is 19.2 Å². The van der Waals surface area contributed by atoms with Gasteiger partial charge in [-0.15, -0.1) is 0 Å². The molecule has 1 heterocycles. The van der Waals surface area contributed by atoms with Crippen LogP contribution < -0.4 is 20.1 Å². The molecule has 1 fully saturated rings. The van der Waals surface area contributed by atoms with E-state index < -0.39 is 18.6 Å². The number of aromatic nitrogens is 2. The van der Waals surface area contributed by atoms with Crippen molar-refractivity contribution in [2.75, 3.05) is 19.0 Å². The first kappa shape index (κ1) is 22.9. The maximum Gasteiger partial charge on any atom is 0.407 e. The number of hydrogen-bond acceptors (Lipinski definition) is 8. The lowest BCUT2D eigenvalue weighted by molar-refractivity contribution is -0.118. The number of aromatic amines is 1. The number of phenols is 1. The zero-order valence-corrected chi connectivity index (χ0v) is 18.0. The molecule has 1 saturated carbocycles. The van der Waals surface area contributed by atoms with Crippen molar-refractivity contribution in [1.29, 1.82) is 0 Å². The first-order chi connectivity index (χ1) is 15.3. The molecule has 0 atom stereocenters. The minimum Gasteiger partial charge on any atom is -0.507 e. The number of carbonyl (C=O) groups excluding carboxylic acids is 3. The average molecular weight is 446 g/mol. The Hall–Kier alpha value is -3.76. The maximum absolute atomic E-state index is 12.2.